The lowest BCUT2D eigenvalue weighted by atomic mass is 10.3. The second-order valence-electron chi connectivity index (χ2n) is 2.43. The molecule has 1 heterocycles. The number of hydrogen-bond donors (Lipinski definition) is 0. The molecule has 0 bridgehead atoms. The first-order valence-electron chi connectivity index (χ1n) is 3.64. The summed E-state index contributed by atoms with van der Waals surface area (Å²) in [6, 6.07) is 0. The van der Waals surface area contributed by atoms with Gasteiger partial charge < -0.3 is 4.74 Å². The fourth-order valence-corrected chi connectivity index (χ4v) is 0.951. The monoisotopic (exact) mass is 222 g/mol. The smallest absolute Gasteiger partial charge is 0.332 e. The molecule has 0 saturated carbocycles. The van der Waals surface area contributed by atoms with Crippen molar-refractivity contribution in [3.63, 3.8) is 0 Å². The maximum atomic E-state index is 13.2. The molecule has 8 heteroatoms. The number of rotatable bonds is 3. The van der Waals surface area contributed by atoms with E-state index in [0.29, 0.717) is 6.20 Å². The van der Waals surface area contributed by atoms with Crippen LogP contribution in [0.25, 0.3) is 0 Å². The van der Waals surface area contributed by atoms with Crippen LogP contribution >= 0.6 is 0 Å². The van der Waals surface area contributed by atoms with E-state index >= 15 is 0 Å². The highest BCUT2D eigenvalue weighted by atomic mass is 19.3. The number of ether oxygens (including phenoxy) is 1. The summed E-state index contributed by atoms with van der Waals surface area (Å²) in [6.45, 7) is 0. The molecule has 1 rings (SSSR count). The van der Waals surface area contributed by atoms with Gasteiger partial charge in [-0.05, 0) is 0 Å². The lowest BCUT2D eigenvalue weighted by Gasteiger charge is -2.05. The van der Waals surface area contributed by atoms with Gasteiger partial charge in [0.05, 0.1) is 12.0 Å². The minimum atomic E-state index is -3.15. The van der Waals surface area contributed by atoms with Crippen LogP contribution in [0.4, 0.5) is 18.9 Å². The van der Waals surface area contributed by atoms with Crippen LogP contribution < -0.4 is 4.74 Å². The van der Waals surface area contributed by atoms with Gasteiger partial charge in [0.2, 0.25) is 5.75 Å². The number of nitrogens with zero attached hydrogens (tertiary/aromatic N) is 2. The van der Waals surface area contributed by atoms with Crippen LogP contribution in [0.1, 0.15) is 12.1 Å². The number of halogens is 3. The molecular weight excluding hydrogens is 217 g/mol. The quantitative estimate of drug-likeness (QED) is 0.580. The van der Waals surface area contributed by atoms with Gasteiger partial charge in [0.1, 0.15) is 11.9 Å². The number of nitro groups is 1. The first kappa shape index (κ1) is 11.2. The second-order valence-corrected chi connectivity index (χ2v) is 2.43. The van der Waals surface area contributed by atoms with E-state index in [1.165, 1.54) is 0 Å². The summed E-state index contributed by atoms with van der Waals surface area (Å²) in [5, 5.41) is 10.3. The van der Waals surface area contributed by atoms with Crippen molar-refractivity contribution < 1.29 is 22.8 Å². The van der Waals surface area contributed by atoms with E-state index in [0.717, 1.165) is 7.11 Å². The van der Waals surface area contributed by atoms with Crippen LogP contribution in [0, 0.1) is 15.9 Å². The molecule has 0 aliphatic carbocycles. The van der Waals surface area contributed by atoms with Gasteiger partial charge in [-0.2, -0.15) is 0 Å². The summed E-state index contributed by atoms with van der Waals surface area (Å²) < 4.78 is 41.8. The van der Waals surface area contributed by atoms with E-state index in [1.807, 2.05) is 0 Å². The summed E-state index contributed by atoms with van der Waals surface area (Å²) in [5.41, 5.74) is -1.96. The van der Waals surface area contributed by atoms with Crippen LogP contribution in [0.15, 0.2) is 6.20 Å². The largest absolute Gasteiger partial charge is 0.488 e. The van der Waals surface area contributed by atoms with Crippen molar-refractivity contribution in [1.29, 1.82) is 0 Å². The van der Waals surface area contributed by atoms with E-state index in [1.54, 1.807) is 0 Å². The van der Waals surface area contributed by atoms with Gasteiger partial charge in [0, 0.05) is 0 Å². The lowest BCUT2D eigenvalue weighted by Crippen LogP contribution is -2.03. The van der Waals surface area contributed by atoms with Crippen molar-refractivity contribution in [3.8, 4) is 5.75 Å². The zero-order chi connectivity index (χ0) is 11.6. The van der Waals surface area contributed by atoms with Gasteiger partial charge in [-0.3, -0.25) is 10.1 Å². The molecule has 0 amide bonds. The van der Waals surface area contributed by atoms with Gasteiger partial charge in [0.25, 0.3) is 6.43 Å². The Morgan fingerprint density at radius 2 is 2.20 bits per heavy atom. The first-order chi connectivity index (χ1) is 6.99. The predicted molar refractivity (Wildman–Crippen MR) is 42.4 cm³/mol. The molecule has 0 radical (unpaired) electrons. The molecule has 82 valence electrons. The van der Waals surface area contributed by atoms with Gasteiger partial charge in [0.15, 0.2) is 5.82 Å². The maximum Gasteiger partial charge on any atom is 0.332 e. The topological polar surface area (TPSA) is 65.3 Å². The average molecular weight is 222 g/mol. The van der Waals surface area contributed by atoms with Crippen molar-refractivity contribution >= 4 is 5.69 Å². The molecular formula is C7H5F3N2O3. The minimum absolute atomic E-state index is 0.531. The molecule has 1 aromatic heterocycles. The fourth-order valence-electron chi connectivity index (χ4n) is 0.951. The van der Waals surface area contributed by atoms with Crippen LogP contribution in [-0.2, 0) is 0 Å². The van der Waals surface area contributed by atoms with Crippen LogP contribution in [0.3, 0.4) is 0 Å². The van der Waals surface area contributed by atoms with Gasteiger partial charge >= 0.3 is 5.69 Å². The van der Waals surface area contributed by atoms with E-state index in [-0.39, 0.29) is 0 Å². The highest BCUT2D eigenvalue weighted by molar-refractivity contribution is 5.46. The molecule has 15 heavy (non-hydrogen) atoms. The molecule has 0 saturated heterocycles. The molecule has 0 spiro atoms. The van der Waals surface area contributed by atoms with Crippen LogP contribution in [0.5, 0.6) is 5.75 Å². The third-order valence-electron chi connectivity index (χ3n) is 1.59. The van der Waals surface area contributed by atoms with Crippen molar-refractivity contribution in [1.82, 2.24) is 4.98 Å². The van der Waals surface area contributed by atoms with Crippen LogP contribution in [-0.4, -0.2) is 17.0 Å². The Labute approximate surface area is 81.6 Å². The molecule has 0 unspecified atom stereocenters. The Bertz CT molecular complexity index is 397. The summed E-state index contributed by atoms with van der Waals surface area (Å²) in [6.07, 6.45) is -2.62. The minimum Gasteiger partial charge on any atom is -0.488 e. The van der Waals surface area contributed by atoms with Gasteiger partial charge in [-0.25, -0.2) is 18.2 Å². The normalized spacial score (nSPS) is 10.5. The zero-order valence-electron chi connectivity index (χ0n) is 7.41. The molecule has 0 aromatic carbocycles. The number of hydrogen-bond acceptors (Lipinski definition) is 4. The molecule has 1 aromatic rings. The average Bonchev–Trinajstić information content (AvgIpc) is 2.16. The standard InChI is InChI=1S/C7H5F3N2O3/c1-15-6-3(12(13)14)2-11-5(4(6)8)7(9)10/h2,7H,1H3. The number of methoxy groups -OCH3 is 1. The Hall–Kier alpha value is -1.86. The van der Waals surface area contributed by atoms with Crippen molar-refractivity contribution in [2.45, 2.75) is 6.43 Å². The molecule has 0 atom stereocenters. The van der Waals surface area contributed by atoms with E-state index in [4.69, 9.17) is 0 Å². The van der Waals surface area contributed by atoms with Gasteiger partial charge in [-0.1, -0.05) is 0 Å². The molecule has 0 aliphatic heterocycles. The van der Waals surface area contributed by atoms with Crippen molar-refractivity contribution in [3.05, 3.63) is 27.8 Å². The third kappa shape index (κ3) is 1.97. The van der Waals surface area contributed by atoms with Crippen molar-refractivity contribution in [2.24, 2.45) is 0 Å². The van der Waals surface area contributed by atoms with E-state index in [2.05, 4.69) is 9.72 Å². The second kappa shape index (κ2) is 4.11. The molecule has 0 fully saturated rings. The zero-order valence-corrected chi connectivity index (χ0v) is 7.41. The first-order valence-corrected chi connectivity index (χ1v) is 3.64. The van der Waals surface area contributed by atoms with E-state index < -0.39 is 34.3 Å². The van der Waals surface area contributed by atoms with E-state index in [9.17, 15) is 23.3 Å². The molecule has 0 aliphatic rings. The third-order valence-corrected chi connectivity index (χ3v) is 1.59. The Morgan fingerprint density at radius 3 is 2.60 bits per heavy atom. The summed E-state index contributed by atoms with van der Waals surface area (Å²) in [7, 11) is 0.945. The highest BCUT2D eigenvalue weighted by Gasteiger charge is 2.27. The maximum absolute atomic E-state index is 13.2. The predicted octanol–water partition coefficient (Wildman–Crippen LogP) is 2.08. The summed E-state index contributed by atoms with van der Waals surface area (Å²) >= 11 is 0. The molecule has 0 N–H and O–H groups in total. The Kier molecular flexibility index (Phi) is 3.08. The van der Waals surface area contributed by atoms with Gasteiger partial charge in [-0.15, -0.1) is 0 Å². The fraction of sp³-hybridized carbons (Fsp3) is 0.286. The highest BCUT2D eigenvalue weighted by Crippen LogP contribution is 2.33. The Morgan fingerprint density at radius 1 is 1.60 bits per heavy atom. The lowest BCUT2D eigenvalue weighted by molar-refractivity contribution is -0.386. The molecule has 5 nitrogen and oxygen atoms in total. The Balaban J connectivity index is 3.39. The number of alkyl halides is 2. The van der Waals surface area contributed by atoms with Crippen LogP contribution in [0.2, 0.25) is 0 Å². The SMILES string of the molecule is COc1c([N+](=O)[O-])cnc(C(F)F)c1F. The summed E-state index contributed by atoms with van der Waals surface area (Å²) in [4.78, 5) is 12.3. The van der Waals surface area contributed by atoms with Crippen molar-refractivity contribution in [2.75, 3.05) is 7.11 Å². The number of pyridine rings is 1. The summed E-state index contributed by atoms with van der Waals surface area (Å²) in [5.74, 6) is -2.35. The number of aromatic nitrogens is 1.